The summed E-state index contributed by atoms with van der Waals surface area (Å²) in [6.45, 7) is 2.15. The van der Waals surface area contributed by atoms with Crippen molar-refractivity contribution in [3.63, 3.8) is 0 Å². The molecule has 2 unspecified atom stereocenters. The lowest BCUT2D eigenvalue weighted by atomic mass is 10.2. The smallest absolute Gasteiger partial charge is 0.257 e. The number of fused-ring (bicyclic) bond motifs is 2. The Morgan fingerprint density at radius 1 is 1.25 bits per heavy atom. The van der Waals surface area contributed by atoms with E-state index in [1.54, 1.807) is 19.5 Å². The van der Waals surface area contributed by atoms with Crippen molar-refractivity contribution in [3.8, 4) is 5.88 Å². The molecule has 3 rings (SSSR count). The predicted molar refractivity (Wildman–Crippen MR) is 60.8 cm³/mol. The van der Waals surface area contributed by atoms with Crippen LogP contribution in [0.2, 0.25) is 0 Å². The van der Waals surface area contributed by atoms with E-state index in [4.69, 9.17) is 4.74 Å². The molecule has 0 spiro atoms. The number of methoxy groups -OCH3 is 1. The third-order valence-corrected chi connectivity index (χ3v) is 3.63. The molecule has 86 valence electrons. The van der Waals surface area contributed by atoms with E-state index >= 15 is 0 Å². The Balaban J connectivity index is 1.89. The Hall–Kier alpha value is -1.36. The van der Waals surface area contributed by atoms with E-state index in [-0.39, 0.29) is 0 Å². The second kappa shape index (κ2) is 3.59. The zero-order chi connectivity index (χ0) is 11.1. The highest BCUT2D eigenvalue weighted by Gasteiger charge is 2.42. The van der Waals surface area contributed by atoms with Crippen molar-refractivity contribution in [1.82, 2.24) is 14.9 Å². The van der Waals surface area contributed by atoms with Crippen molar-refractivity contribution in [2.75, 3.05) is 32.1 Å². The summed E-state index contributed by atoms with van der Waals surface area (Å²) < 4.78 is 5.26. The molecule has 0 aromatic carbocycles. The van der Waals surface area contributed by atoms with Crippen molar-refractivity contribution in [1.29, 1.82) is 0 Å². The third-order valence-electron chi connectivity index (χ3n) is 3.63. The predicted octanol–water partition coefficient (Wildman–Crippen LogP) is 0.378. The first-order chi connectivity index (χ1) is 7.79. The van der Waals surface area contributed by atoms with Crippen LogP contribution in [0.4, 0.5) is 5.82 Å². The highest BCUT2D eigenvalue weighted by atomic mass is 16.5. The fraction of sp³-hybridized carbons (Fsp3) is 0.636. The van der Waals surface area contributed by atoms with Crippen LogP contribution in [0, 0.1) is 0 Å². The average molecular weight is 220 g/mol. The molecule has 16 heavy (non-hydrogen) atoms. The van der Waals surface area contributed by atoms with Crippen molar-refractivity contribution < 1.29 is 4.74 Å². The second-order valence-electron chi connectivity index (χ2n) is 4.52. The maximum absolute atomic E-state index is 5.26. The van der Waals surface area contributed by atoms with Gasteiger partial charge in [0.05, 0.1) is 7.11 Å². The molecule has 5 heteroatoms. The molecule has 3 heterocycles. The van der Waals surface area contributed by atoms with Crippen molar-refractivity contribution in [2.45, 2.75) is 18.5 Å². The maximum atomic E-state index is 5.26. The molecule has 1 aromatic heterocycles. The van der Waals surface area contributed by atoms with Crippen LogP contribution in [-0.4, -0.2) is 54.2 Å². The first kappa shape index (κ1) is 9.84. The zero-order valence-electron chi connectivity index (χ0n) is 9.63. The van der Waals surface area contributed by atoms with E-state index < -0.39 is 0 Å². The normalized spacial score (nSPS) is 28.8. The van der Waals surface area contributed by atoms with Gasteiger partial charge >= 0.3 is 0 Å². The van der Waals surface area contributed by atoms with Gasteiger partial charge in [-0.2, -0.15) is 0 Å². The average Bonchev–Trinajstić information content (AvgIpc) is 2.87. The van der Waals surface area contributed by atoms with Crippen LogP contribution in [0.15, 0.2) is 12.4 Å². The van der Waals surface area contributed by atoms with Gasteiger partial charge in [0, 0.05) is 37.6 Å². The van der Waals surface area contributed by atoms with Gasteiger partial charge in [-0.3, -0.25) is 4.90 Å². The molecule has 2 aliphatic heterocycles. The Bertz CT molecular complexity index is 395. The van der Waals surface area contributed by atoms with Gasteiger partial charge < -0.3 is 9.64 Å². The van der Waals surface area contributed by atoms with E-state index in [1.165, 1.54) is 6.42 Å². The van der Waals surface area contributed by atoms with Gasteiger partial charge in [0.15, 0.2) is 5.82 Å². The standard InChI is InChI=1S/C11H16N4O/c1-14-6-9-5-8(14)7-15(9)10-11(16-2)13-4-3-12-10/h3-4,8-9H,5-7H2,1-2H3. The van der Waals surface area contributed by atoms with Gasteiger partial charge in [-0.05, 0) is 13.5 Å². The lowest BCUT2D eigenvalue weighted by Crippen LogP contribution is -2.45. The van der Waals surface area contributed by atoms with Gasteiger partial charge in [-0.15, -0.1) is 0 Å². The summed E-state index contributed by atoms with van der Waals surface area (Å²) in [4.78, 5) is 13.4. The summed E-state index contributed by atoms with van der Waals surface area (Å²) in [5.41, 5.74) is 0. The molecule has 0 amide bonds. The number of anilines is 1. The molecule has 0 N–H and O–H groups in total. The fourth-order valence-corrected chi connectivity index (χ4v) is 2.78. The van der Waals surface area contributed by atoms with Gasteiger partial charge in [0.2, 0.25) is 0 Å². The maximum Gasteiger partial charge on any atom is 0.257 e. The number of ether oxygens (including phenoxy) is 1. The van der Waals surface area contributed by atoms with Gasteiger partial charge in [0.25, 0.3) is 5.88 Å². The lowest BCUT2D eigenvalue weighted by molar-refractivity contribution is 0.290. The zero-order valence-corrected chi connectivity index (χ0v) is 9.63. The van der Waals surface area contributed by atoms with E-state index in [0.29, 0.717) is 18.0 Å². The van der Waals surface area contributed by atoms with Crippen LogP contribution >= 0.6 is 0 Å². The molecule has 2 bridgehead atoms. The number of aromatic nitrogens is 2. The summed E-state index contributed by atoms with van der Waals surface area (Å²) in [5, 5.41) is 0. The molecule has 2 aliphatic rings. The molecule has 2 fully saturated rings. The minimum atomic E-state index is 0.570. The van der Waals surface area contributed by atoms with Crippen LogP contribution in [0.5, 0.6) is 5.88 Å². The van der Waals surface area contributed by atoms with Crippen LogP contribution in [0.1, 0.15) is 6.42 Å². The van der Waals surface area contributed by atoms with Crippen molar-refractivity contribution in [3.05, 3.63) is 12.4 Å². The van der Waals surface area contributed by atoms with Gasteiger partial charge in [0.1, 0.15) is 0 Å². The first-order valence-electron chi connectivity index (χ1n) is 5.61. The number of hydrogen-bond acceptors (Lipinski definition) is 5. The molecule has 5 nitrogen and oxygen atoms in total. The van der Waals surface area contributed by atoms with Gasteiger partial charge in [-0.1, -0.05) is 0 Å². The Morgan fingerprint density at radius 3 is 2.69 bits per heavy atom. The van der Waals surface area contributed by atoms with Crippen LogP contribution in [-0.2, 0) is 0 Å². The Labute approximate surface area is 95.0 Å². The number of rotatable bonds is 2. The van der Waals surface area contributed by atoms with E-state index in [1.807, 2.05) is 0 Å². The monoisotopic (exact) mass is 220 g/mol. The number of hydrogen-bond donors (Lipinski definition) is 0. The van der Waals surface area contributed by atoms with Crippen molar-refractivity contribution >= 4 is 5.82 Å². The summed E-state index contributed by atoms with van der Waals surface area (Å²) in [5.74, 6) is 1.53. The lowest BCUT2D eigenvalue weighted by Gasteiger charge is -2.32. The first-order valence-corrected chi connectivity index (χ1v) is 5.61. The molecular formula is C11H16N4O. The van der Waals surface area contributed by atoms with Crippen molar-refractivity contribution in [2.24, 2.45) is 0 Å². The molecular weight excluding hydrogens is 204 g/mol. The summed E-state index contributed by atoms with van der Waals surface area (Å²) in [6, 6.07) is 1.23. The fourth-order valence-electron chi connectivity index (χ4n) is 2.78. The quantitative estimate of drug-likeness (QED) is 0.720. The van der Waals surface area contributed by atoms with Crippen LogP contribution < -0.4 is 9.64 Å². The number of nitrogens with zero attached hydrogens (tertiary/aromatic N) is 4. The molecule has 0 saturated carbocycles. The SMILES string of the molecule is COc1nccnc1N1CC2CC1CN2C. The second-order valence-corrected chi connectivity index (χ2v) is 4.52. The minimum Gasteiger partial charge on any atom is -0.478 e. The topological polar surface area (TPSA) is 41.5 Å². The Morgan fingerprint density at radius 2 is 2.06 bits per heavy atom. The molecule has 0 aliphatic carbocycles. The highest BCUT2D eigenvalue weighted by molar-refractivity contribution is 5.51. The number of likely N-dealkylation sites (tertiary alicyclic amines) is 1. The molecule has 1 aromatic rings. The number of piperazine rings is 1. The Kier molecular flexibility index (Phi) is 2.21. The third kappa shape index (κ3) is 1.35. The van der Waals surface area contributed by atoms with E-state index in [0.717, 1.165) is 18.9 Å². The number of likely N-dealkylation sites (N-methyl/N-ethyl adjacent to an activating group) is 1. The van der Waals surface area contributed by atoms with E-state index in [2.05, 4.69) is 26.8 Å². The molecule has 2 saturated heterocycles. The van der Waals surface area contributed by atoms with Gasteiger partial charge in [-0.25, -0.2) is 9.97 Å². The molecule has 2 atom stereocenters. The minimum absolute atomic E-state index is 0.570. The summed E-state index contributed by atoms with van der Waals surface area (Å²) in [6.07, 6.45) is 4.63. The van der Waals surface area contributed by atoms with Crippen LogP contribution in [0.25, 0.3) is 0 Å². The molecule has 0 radical (unpaired) electrons. The largest absolute Gasteiger partial charge is 0.478 e. The summed E-state index contributed by atoms with van der Waals surface area (Å²) in [7, 11) is 3.84. The van der Waals surface area contributed by atoms with E-state index in [9.17, 15) is 0 Å². The van der Waals surface area contributed by atoms with Crippen LogP contribution in [0.3, 0.4) is 0 Å². The highest BCUT2D eigenvalue weighted by Crippen LogP contribution is 2.35. The summed E-state index contributed by atoms with van der Waals surface area (Å²) >= 11 is 0.